The van der Waals surface area contributed by atoms with E-state index in [1.54, 1.807) is 6.26 Å². The topological polar surface area (TPSA) is 59.3 Å². The maximum Gasteiger partial charge on any atom is 0.149 e. The molecule has 0 spiro atoms. The Balaban J connectivity index is 1.81. The van der Waals surface area contributed by atoms with Gasteiger partial charge in [-0.1, -0.05) is 48.5 Å². The van der Waals surface area contributed by atoms with Crippen molar-refractivity contribution in [3.8, 4) is 0 Å². The average Bonchev–Trinajstić information content (AvgIpc) is 2.94. The van der Waals surface area contributed by atoms with Gasteiger partial charge in [0.1, 0.15) is 15.4 Å². The molecule has 1 atom stereocenters. The lowest BCUT2D eigenvalue weighted by Gasteiger charge is -2.18. The molecule has 4 nitrogen and oxygen atoms in total. The Kier molecular flexibility index (Phi) is 4.50. The number of hydrogen-bond acceptors (Lipinski definition) is 4. The highest BCUT2D eigenvalue weighted by Crippen LogP contribution is 2.22. The monoisotopic (exact) mass is 329 g/mol. The summed E-state index contributed by atoms with van der Waals surface area (Å²) in [7, 11) is -3.09. The van der Waals surface area contributed by atoms with Crippen LogP contribution in [0.25, 0.3) is 11.0 Å². The molecular weight excluding hydrogens is 310 g/mol. The van der Waals surface area contributed by atoms with Crippen molar-refractivity contribution in [1.29, 1.82) is 0 Å². The molecule has 0 saturated heterocycles. The Morgan fingerprint density at radius 2 is 1.74 bits per heavy atom. The second kappa shape index (κ2) is 6.56. The quantitative estimate of drug-likeness (QED) is 0.754. The summed E-state index contributed by atoms with van der Waals surface area (Å²) >= 11 is 0. The number of para-hydroxylation sites is 1. The molecular formula is C18H19NO3S. The number of nitrogens with one attached hydrogen (secondary N) is 1. The summed E-state index contributed by atoms with van der Waals surface area (Å²) < 4.78 is 29.0. The summed E-state index contributed by atoms with van der Waals surface area (Å²) in [5, 5.41) is 4.40. The zero-order chi connectivity index (χ0) is 16.3. The second-order valence-corrected chi connectivity index (χ2v) is 7.88. The van der Waals surface area contributed by atoms with Gasteiger partial charge in [0, 0.05) is 29.8 Å². The van der Waals surface area contributed by atoms with Crippen molar-refractivity contribution in [2.45, 2.75) is 12.6 Å². The summed E-state index contributed by atoms with van der Waals surface area (Å²) in [5.41, 5.74) is 2.82. The molecule has 0 amide bonds. The van der Waals surface area contributed by atoms with Crippen molar-refractivity contribution >= 4 is 20.8 Å². The maximum absolute atomic E-state index is 11.7. The molecule has 3 rings (SSSR count). The number of furan rings is 1. The fourth-order valence-corrected chi connectivity index (χ4v) is 3.58. The van der Waals surface area contributed by atoms with Gasteiger partial charge in [-0.2, -0.15) is 0 Å². The van der Waals surface area contributed by atoms with Gasteiger partial charge in [-0.15, -0.1) is 0 Å². The third-order valence-corrected chi connectivity index (χ3v) is 4.71. The van der Waals surface area contributed by atoms with Crippen LogP contribution in [0.1, 0.15) is 17.2 Å². The Morgan fingerprint density at radius 3 is 2.48 bits per heavy atom. The third kappa shape index (κ3) is 4.00. The van der Waals surface area contributed by atoms with Crippen molar-refractivity contribution in [3.63, 3.8) is 0 Å². The summed E-state index contributed by atoms with van der Waals surface area (Å²) in [4.78, 5) is 0. The molecule has 0 aliphatic rings. The van der Waals surface area contributed by atoms with Gasteiger partial charge in [-0.3, -0.25) is 0 Å². The molecule has 0 saturated carbocycles. The summed E-state index contributed by atoms with van der Waals surface area (Å²) in [6, 6.07) is 17.2. The lowest BCUT2D eigenvalue weighted by atomic mass is 10.1. The van der Waals surface area contributed by atoms with Crippen LogP contribution in [0.4, 0.5) is 0 Å². The first-order valence-corrected chi connectivity index (χ1v) is 9.50. The van der Waals surface area contributed by atoms with Crippen LogP contribution in [0, 0.1) is 0 Å². The highest BCUT2D eigenvalue weighted by Gasteiger charge is 2.17. The van der Waals surface area contributed by atoms with E-state index in [2.05, 4.69) is 5.32 Å². The van der Waals surface area contributed by atoms with E-state index in [0.29, 0.717) is 6.54 Å². The fraction of sp³-hybridized carbons (Fsp3) is 0.222. The predicted octanol–water partition coefficient (Wildman–Crippen LogP) is 3.31. The van der Waals surface area contributed by atoms with Crippen LogP contribution < -0.4 is 5.32 Å². The second-order valence-electron chi connectivity index (χ2n) is 5.69. The van der Waals surface area contributed by atoms with Gasteiger partial charge < -0.3 is 9.73 Å². The van der Waals surface area contributed by atoms with Gasteiger partial charge in [-0.25, -0.2) is 8.42 Å². The number of sulfone groups is 1. The minimum atomic E-state index is -3.09. The Morgan fingerprint density at radius 1 is 1.04 bits per heavy atom. The van der Waals surface area contributed by atoms with E-state index >= 15 is 0 Å². The van der Waals surface area contributed by atoms with E-state index in [9.17, 15) is 8.42 Å². The van der Waals surface area contributed by atoms with E-state index < -0.39 is 9.84 Å². The van der Waals surface area contributed by atoms with Crippen LogP contribution in [-0.4, -0.2) is 20.4 Å². The van der Waals surface area contributed by atoms with E-state index in [1.165, 1.54) is 6.26 Å². The highest BCUT2D eigenvalue weighted by atomic mass is 32.2. The molecule has 0 aliphatic carbocycles. The molecule has 0 aliphatic heterocycles. The van der Waals surface area contributed by atoms with Gasteiger partial charge in [-0.05, 0) is 11.6 Å². The fourth-order valence-electron chi connectivity index (χ4n) is 2.66. The molecule has 3 aromatic rings. The molecule has 0 fully saturated rings. The first-order chi connectivity index (χ1) is 11.0. The molecule has 120 valence electrons. The zero-order valence-electron chi connectivity index (χ0n) is 12.9. The van der Waals surface area contributed by atoms with Crippen molar-refractivity contribution in [1.82, 2.24) is 5.32 Å². The average molecular weight is 329 g/mol. The van der Waals surface area contributed by atoms with Gasteiger partial charge >= 0.3 is 0 Å². The number of rotatable bonds is 6. The lowest BCUT2D eigenvalue weighted by molar-refractivity contribution is 0.546. The van der Waals surface area contributed by atoms with Crippen LogP contribution in [0.3, 0.4) is 0 Å². The van der Waals surface area contributed by atoms with Crippen LogP contribution in [0.15, 0.2) is 65.3 Å². The van der Waals surface area contributed by atoms with Crippen molar-refractivity contribution < 1.29 is 12.8 Å². The highest BCUT2D eigenvalue weighted by molar-refractivity contribution is 7.90. The Labute approximate surface area is 136 Å². The SMILES string of the molecule is CS(=O)(=O)C[C@H](NCc1coc2ccccc12)c1ccccc1. The van der Waals surface area contributed by atoms with Gasteiger partial charge in [0.25, 0.3) is 0 Å². The molecule has 23 heavy (non-hydrogen) atoms. The minimum absolute atomic E-state index is 0.0623. The lowest BCUT2D eigenvalue weighted by Crippen LogP contribution is -2.27. The van der Waals surface area contributed by atoms with Gasteiger partial charge in [0.15, 0.2) is 0 Å². The minimum Gasteiger partial charge on any atom is -0.464 e. The number of hydrogen-bond donors (Lipinski definition) is 1. The van der Waals surface area contributed by atoms with Crippen LogP contribution in [0.2, 0.25) is 0 Å². The Hall–Kier alpha value is -2.11. The van der Waals surface area contributed by atoms with Gasteiger partial charge in [0.2, 0.25) is 0 Å². The zero-order valence-corrected chi connectivity index (χ0v) is 13.7. The first-order valence-electron chi connectivity index (χ1n) is 7.44. The molecule has 1 heterocycles. The summed E-state index contributed by atoms with van der Waals surface area (Å²) in [6.45, 7) is 0.548. The third-order valence-electron chi connectivity index (χ3n) is 3.77. The van der Waals surface area contributed by atoms with Crippen LogP contribution in [0.5, 0.6) is 0 Å². The molecule has 1 aromatic heterocycles. The molecule has 0 unspecified atom stereocenters. The van der Waals surface area contributed by atoms with Crippen molar-refractivity contribution in [2.24, 2.45) is 0 Å². The van der Waals surface area contributed by atoms with Crippen molar-refractivity contribution in [2.75, 3.05) is 12.0 Å². The Bertz CT molecular complexity index is 885. The number of benzene rings is 2. The van der Waals surface area contributed by atoms with Gasteiger partial charge in [0.05, 0.1) is 12.0 Å². The van der Waals surface area contributed by atoms with Crippen LogP contribution >= 0.6 is 0 Å². The standard InChI is InChI=1S/C18H19NO3S/c1-23(20,21)13-17(14-7-3-2-4-8-14)19-11-15-12-22-18-10-6-5-9-16(15)18/h2-10,12,17,19H,11,13H2,1H3/t17-/m0/s1. The molecule has 0 radical (unpaired) electrons. The van der Waals surface area contributed by atoms with E-state index in [4.69, 9.17) is 4.42 Å². The van der Waals surface area contributed by atoms with E-state index in [-0.39, 0.29) is 11.8 Å². The smallest absolute Gasteiger partial charge is 0.149 e. The van der Waals surface area contributed by atoms with Crippen LogP contribution in [-0.2, 0) is 16.4 Å². The molecule has 0 bridgehead atoms. The summed E-state index contributed by atoms with van der Waals surface area (Å²) in [5.74, 6) is 0.0623. The molecule has 2 aromatic carbocycles. The first kappa shape index (κ1) is 15.8. The number of fused-ring (bicyclic) bond motifs is 1. The predicted molar refractivity (Wildman–Crippen MR) is 91.9 cm³/mol. The van der Waals surface area contributed by atoms with E-state index in [0.717, 1.165) is 22.1 Å². The molecule has 5 heteroatoms. The van der Waals surface area contributed by atoms with Crippen molar-refractivity contribution in [3.05, 3.63) is 72.0 Å². The van der Waals surface area contributed by atoms with E-state index in [1.807, 2.05) is 54.6 Å². The largest absolute Gasteiger partial charge is 0.464 e. The normalized spacial score (nSPS) is 13.3. The molecule has 1 N–H and O–H groups in total. The summed E-state index contributed by atoms with van der Waals surface area (Å²) in [6.07, 6.45) is 2.98. The maximum atomic E-state index is 11.7.